The molecule has 1 aliphatic heterocycles. The molecule has 1 heterocycles. The molecule has 0 aromatic carbocycles. The molecule has 0 radical (unpaired) electrons. The molecule has 0 spiro atoms. The fourth-order valence-corrected chi connectivity index (χ4v) is 3.04. The summed E-state index contributed by atoms with van der Waals surface area (Å²) in [6.45, 7) is 11.5. The molecule has 14 heavy (non-hydrogen) atoms. The summed E-state index contributed by atoms with van der Waals surface area (Å²) in [5.41, 5.74) is 6.35. The molecule has 1 rings (SSSR count). The van der Waals surface area contributed by atoms with Crippen LogP contribution in [0.5, 0.6) is 0 Å². The zero-order valence-electron chi connectivity index (χ0n) is 10.4. The van der Waals surface area contributed by atoms with Crippen LogP contribution < -0.4 is 5.73 Å². The number of nitrogens with two attached hydrogens (primary N) is 1. The van der Waals surface area contributed by atoms with Crippen molar-refractivity contribution in [2.75, 3.05) is 0 Å². The van der Waals surface area contributed by atoms with E-state index in [9.17, 15) is 0 Å². The maximum Gasteiger partial charge on any atom is 0.0130 e. The molecule has 0 saturated carbocycles. The topological polar surface area (TPSA) is 29.3 Å². The van der Waals surface area contributed by atoms with E-state index in [-0.39, 0.29) is 5.54 Å². The van der Waals surface area contributed by atoms with Gasteiger partial charge in [0.25, 0.3) is 0 Å². The third-order valence-corrected chi connectivity index (χ3v) is 3.33. The Hall–Kier alpha value is -0.0800. The standard InChI is InChI=1S/C12H26N2/c1-6-11-8-10(13)7-9(2)14(11)12(3,4)5/h9-11H,6-8,13H2,1-5H3. The molecule has 0 bridgehead atoms. The first kappa shape index (κ1) is 12.0. The van der Waals surface area contributed by atoms with E-state index in [1.165, 1.54) is 6.42 Å². The van der Waals surface area contributed by atoms with Gasteiger partial charge in [-0.1, -0.05) is 6.92 Å². The van der Waals surface area contributed by atoms with E-state index in [0.29, 0.717) is 18.1 Å². The van der Waals surface area contributed by atoms with E-state index in [1.54, 1.807) is 0 Å². The molecule has 2 heteroatoms. The summed E-state index contributed by atoms with van der Waals surface area (Å²) >= 11 is 0. The third kappa shape index (κ3) is 2.48. The van der Waals surface area contributed by atoms with Gasteiger partial charge < -0.3 is 5.73 Å². The van der Waals surface area contributed by atoms with Crippen LogP contribution in [0.1, 0.15) is 53.9 Å². The number of hydrogen-bond acceptors (Lipinski definition) is 2. The number of hydrogen-bond donors (Lipinski definition) is 1. The Balaban J connectivity index is 2.79. The smallest absolute Gasteiger partial charge is 0.0130 e. The van der Waals surface area contributed by atoms with Crippen LogP contribution in [-0.4, -0.2) is 28.6 Å². The Morgan fingerprint density at radius 3 is 2.29 bits per heavy atom. The van der Waals surface area contributed by atoms with Crippen LogP contribution in [0, 0.1) is 0 Å². The second kappa shape index (κ2) is 4.19. The summed E-state index contributed by atoms with van der Waals surface area (Å²) in [5, 5.41) is 0. The number of rotatable bonds is 1. The van der Waals surface area contributed by atoms with Crippen LogP contribution >= 0.6 is 0 Å². The lowest BCUT2D eigenvalue weighted by atomic mass is 9.86. The molecule has 0 aromatic rings. The minimum atomic E-state index is 0.278. The van der Waals surface area contributed by atoms with Gasteiger partial charge >= 0.3 is 0 Å². The fourth-order valence-electron chi connectivity index (χ4n) is 3.04. The molecule has 2 N–H and O–H groups in total. The first-order valence-electron chi connectivity index (χ1n) is 5.90. The van der Waals surface area contributed by atoms with Crippen LogP contribution in [0.2, 0.25) is 0 Å². The van der Waals surface area contributed by atoms with Gasteiger partial charge in [0.2, 0.25) is 0 Å². The zero-order chi connectivity index (χ0) is 10.9. The van der Waals surface area contributed by atoms with Gasteiger partial charge in [-0.15, -0.1) is 0 Å². The third-order valence-electron chi connectivity index (χ3n) is 3.33. The quantitative estimate of drug-likeness (QED) is 0.701. The Morgan fingerprint density at radius 2 is 1.86 bits per heavy atom. The van der Waals surface area contributed by atoms with Gasteiger partial charge in [-0.3, -0.25) is 4.90 Å². The summed E-state index contributed by atoms with van der Waals surface area (Å²) in [6.07, 6.45) is 3.53. The average Bonchev–Trinajstić information content (AvgIpc) is 1.99. The Morgan fingerprint density at radius 1 is 1.29 bits per heavy atom. The van der Waals surface area contributed by atoms with Gasteiger partial charge in [0.1, 0.15) is 0 Å². The lowest BCUT2D eigenvalue weighted by molar-refractivity contribution is -0.00000234. The molecule has 0 aromatic heterocycles. The maximum absolute atomic E-state index is 6.07. The number of nitrogens with zero attached hydrogens (tertiary/aromatic N) is 1. The molecule has 1 saturated heterocycles. The van der Waals surface area contributed by atoms with Crippen molar-refractivity contribution in [1.82, 2.24) is 4.90 Å². The normalized spacial score (nSPS) is 36.0. The molecular weight excluding hydrogens is 172 g/mol. The molecule has 1 fully saturated rings. The molecule has 0 amide bonds. The Labute approximate surface area is 88.8 Å². The van der Waals surface area contributed by atoms with Crippen LogP contribution in [0.25, 0.3) is 0 Å². The van der Waals surface area contributed by atoms with E-state index < -0.39 is 0 Å². The van der Waals surface area contributed by atoms with Crippen molar-refractivity contribution in [1.29, 1.82) is 0 Å². The molecule has 1 aliphatic rings. The molecule has 0 aliphatic carbocycles. The summed E-state index contributed by atoms with van der Waals surface area (Å²) < 4.78 is 0. The van der Waals surface area contributed by atoms with Gasteiger partial charge in [0.05, 0.1) is 0 Å². The highest BCUT2D eigenvalue weighted by atomic mass is 15.2. The lowest BCUT2D eigenvalue weighted by Crippen LogP contribution is -2.58. The highest BCUT2D eigenvalue weighted by molar-refractivity contribution is 4.93. The fraction of sp³-hybridized carbons (Fsp3) is 1.00. The van der Waals surface area contributed by atoms with Crippen molar-refractivity contribution in [3.8, 4) is 0 Å². The predicted octanol–water partition coefficient (Wildman–Crippen LogP) is 2.38. The molecule has 84 valence electrons. The van der Waals surface area contributed by atoms with Gasteiger partial charge in [-0.25, -0.2) is 0 Å². The largest absolute Gasteiger partial charge is 0.328 e. The van der Waals surface area contributed by atoms with Gasteiger partial charge in [0, 0.05) is 23.7 Å². The van der Waals surface area contributed by atoms with Crippen molar-refractivity contribution >= 4 is 0 Å². The average molecular weight is 198 g/mol. The monoisotopic (exact) mass is 198 g/mol. The predicted molar refractivity (Wildman–Crippen MR) is 62.3 cm³/mol. The minimum Gasteiger partial charge on any atom is -0.328 e. The van der Waals surface area contributed by atoms with Crippen LogP contribution in [-0.2, 0) is 0 Å². The van der Waals surface area contributed by atoms with Gasteiger partial charge in [-0.2, -0.15) is 0 Å². The van der Waals surface area contributed by atoms with Crippen molar-refractivity contribution in [3.63, 3.8) is 0 Å². The first-order chi connectivity index (χ1) is 6.36. The lowest BCUT2D eigenvalue weighted by Gasteiger charge is -2.50. The van der Waals surface area contributed by atoms with Crippen molar-refractivity contribution < 1.29 is 0 Å². The van der Waals surface area contributed by atoms with Gasteiger partial charge in [-0.05, 0) is 47.0 Å². The van der Waals surface area contributed by atoms with E-state index >= 15 is 0 Å². The van der Waals surface area contributed by atoms with E-state index in [0.717, 1.165) is 12.8 Å². The highest BCUT2D eigenvalue weighted by Gasteiger charge is 2.36. The number of piperidine rings is 1. The SMILES string of the molecule is CCC1CC(N)CC(C)N1C(C)(C)C. The molecule has 3 atom stereocenters. The minimum absolute atomic E-state index is 0.278. The van der Waals surface area contributed by atoms with E-state index in [1.807, 2.05) is 0 Å². The Bertz CT molecular complexity index is 183. The summed E-state index contributed by atoms with van der Waals surface area (Å²) in [6, 6.07) is 1.71. The second-order valence-corrected chi connectivity index (χ2v) is 5.72. The summed E-state index contributed by atoms with van der Waals surface area (Å²) in [5.74, 6) is 0. The van der Waals surface area contributed by atoms with Crippen molar-refractivity contribution in [2.45, 2.75) is 77.5 Å². The van der Waals surface area contributed by atoms with E-state index in [4.69, 9.17) is 5.73 Å². The maximum atomic E-state index is 6.07. The van der Waals surface area contributed by atoms with Crippen LogP contribution in [0.4, 0.5) is 0 Å². The van der Waals surface area contributed by atoms with Crippen LogP contribution in [0.3, 0.4) is 0 Å². The Kier molecular flexibility index (Phi) is 3.59. The molecular formula is C12H26N2. The van der Waals surface area contributed by atoms with Crippen molar-refractivity contribution in [3.05, 3.63) is 0 Å². The highest BCUT2D eigenvalue weighted by Crippen LogP contribution is 2.31. The number of likely N-dealkylation sites (tertiary alicyclic amines) is 1. The van der Waals surface area contributed by atoms with Crippen molar-refractivity contribution in [2.24, 2.45) is 5.73 Å². The summed E-state index contributed by atoms with van der Waals surface area (Å²) in [7, 11) is 0. The molecule has 3 unspecified atom stereocenters. The second-order valence-electron chi connectivity index (χ2n) is 5.72. The summed E-state index contributed by atoms with van der Waals surface area (Å²) in [4.78, 5) is 2.65. The first-order valence-corrected chi connectivity index (χ1v) is 5.90. The van der Waals surface area contributed by atoms with Crippen LogP contribution in [0.15, 0.2) is 0 Å². The van der Waals surface area contributed by atoms with Gasteiger partial charge in [0.15, 0.2) is 0 Å². The zero-order valence-corrected chi connectivity index (χ0v) is 10.4. The molecule has 2 nitrogen and oxygen atoms in total. The van der Waals surface area contributed by atoms with E-state index in [2.05, 4.69) is 39.5 Å².